The van der Waals surface area contributed by atoms with Crippen LogP contribution in [-0.4, -0.2) is 34.6 Å². The molecule has 1 aromatic rings. The molecule has 0 spiro atoms. The lowest BCUT2D eigenvalue weighted by Gasteiger charge is -2.00. The van der Waals surface area contributed by atoms with Gasteiger partial charge in [-0.2, -0.15) is 0 Å². The molecule has 0 saturated heterocycles. The molecule has 0 aliphatic heterocycles. The molecule has 1 rings (SSSR count). The summed E-state index contributed by atoms with van der Waals surface area (Å²) in [6, 6.07) is 0. The van der Waals surface area contributed by atoms with Crippen LogP contribution >= 0.6 is 36.7 Å². The summed E-state index contributed by atoms with van der Waals surface area (Å²) in [5.41, 5.74) is 16.3. The second-order valence-electron chi connectivity index (χ2n) is 13.3. The molecule has 48 heavy (non-hydrogen) atoms. The van der Waals surface area contributed by atoms with Crippen molar-refractivity contribution in [1.82, 2.24) is 15.0 Å². The van der Waals surface area contributed by atoms with Crippen LogP contribution in [0.5, 0.6) is 0 Å². The Morgan fingerprint density at radius 1 is 0.292 bits per heavy atom. The lowest BCUT2D eigenvalue weighted by atomic mass is 10.1. The Labute approximate surface area is 314 Å². The van der Waals surface area contributed by atoms with E-state index in [1.165, 1.54) is 193 Å². The minimum absolute atomic E-state index is 0.448. The molecular weight excluding hydrogens is 649 g/mol. The minimum Gasteiger partial charge on any atom is -0.330 e. The Morgan fingerprint density at radius 2 is 0.438 bits per heavy atom. The molecule has 0 aromatic carbocycles. The third-order valence-corrected chi connectivity index (χ3v) is 8.97. The van der Waals surface area contributed by atoms with Crippen molar-refractivity contribution in [3.05, 3.63) is 14.3 Å². The van der Waals surface area contributed by atoms with E-state index in [1.807, 2.05) is 0 Å². The van der Waals surface area contributed by atoms with Gasteiger partial charge in [-0.1, -0.05) is 194 Å². The number of hydrogen-bond acceptors (Lipinski definition) is 6. The van der Waals surface area contributed by atoms with Gasteiger partial charge in [-0.15, -0.1) is 0 Å². The molecule has 0 fully saturated rings. The van der Waals surface area contributed by atoms with Crippen LogP contribution in [0.3, 0.4) is 0 Å². The molecule has 0 bridgehead atoms. The predicted octanol–water partition coefficient (Wildman–Crippen LogP) is 13.5. The van der Waals surface area contributed by atoms with Crippen LogP contribution in [0.2, 0.25) is 0 Å². The SMILES string of the molecule is CCCCCCCCCCCCN.CCCCCCCCCCCCN.CCCCCCCCCCCCN.S=c1[nH]c(=S)[nH]c(=S)[nH]1. The first-order valence-electron chi connectivity index (χ1n) is 20.5. The molecule has 9 heteroatoms. The van der Waals surface area contributed by atoms with Crippen LogP contribution in [0.25, 0.3) is 0 Å². The number of aromatic nitrogens is 3. The Hall–Kier alpha value is -0.450. The van der Waals surface area contributed by atoms with Crippen molar-refractivity contribution in [2.24, 2.45) is 17.2 Å². The smallest absolute Gasteiger partial charge is 0.178 e. The number of rotatable bonds is 30. The van der Waals surface area contributed by atoms with E-state index in [2.05, 4.69) is 35.7 Å². The van der Waals surface area contributed by atoms with Crippen LogP contribution in [0.4, 0.5) is 0 Å². The summed E-state index contributed by atoms with van der Waals surface area (Å²) in [7, 11) is 0. The lowest BCUT2D eigenvalue weighted by Crippen LogP contribution is -1.97. The zero-order valence-electron chi connectivity index (χ0n) is 32.3. The monoisotopic (exact) mass is 733 g/mol. The molecule has 0 radical (unpaired) electrons. The highest BCUT2D eigenvalue weighted by Gasteiger charge is 1.93. The van der Waals surface area contributed by atoms with E-state index in [0.29, 0.717) is 14.3 Å². The van der Waals surface area contributed by atoms with E-state index in [4.69, 9.17) is 53.9 Å². The topological polar surface area (TPSA) is 125 Å². The Bertz CT molecular complexity index is 694. The summed E-state index contributed by atoms with van der Waals surface area (Å²) in [5, 5.41) is 0. The summed E-state index contributed by atoms with van der Waals surface area (Å²) in [4.78, 5) is 7.99. The molecule has 288 valence electrons. The van der Waals surface area contributed by atoms with Gasteiger partial charge in [-0.05, 0) is 75.6 Å². The molecule has 0 atom stereocenters. The predicted molar refractivity (Wildman–Crippen MR) is 225 cm³/mol. The fraction of sp³-hybridized carbons (Fsp3) is 0.923. The van der Waals surface area contributed by atoms with Gasteiger partial charge in [-0.3, -0.25) is 0 Å². The highest BCUT2D eigenvalue weighted by molar-refractivity contribution is 7.72. The molecule has 0 unspecified atom stereocenters. The van der Waals surface area contributed by atoms with Gasteiger partial charge in [-0.25, -0.2) is 0 Å². The average molecular weight is 733 g/mol. The first-order chi connectivity index (χ1) is 23.4. The van der Waals surface area contributed by atoms with Gasteiger partial charge in [0.1, 0.15) is 0 Å². The molecule has 6 nitrogen and oxygen atoms in total. The van der Waals surface area contributed by atoms with Gasteiger partial charge in [0, 0.05) is 0 Å². The van der Waals surface area contributed by atoms with Gasteiger partial charge in [0.05, 0.1) is 0 Å². The first-order valence-corrected chi connectivity index (χ1v) is 21.7. The van der Waals surface area contributed by atoms with Crippen LogP contribution in [0.15, 0.2) is 0 Å². The summed E-state index contributed by atoms with van der Waals surface area (Å²) in [6.07, 6.45) is 41.8. The second kappa shape index (κ2) is 48.7. The van der Waals surface area contributed by atoms with Crippen LogP contribution in [-0.2, 0) is 0 Å². The maximum atomic E-state index is 5.42. The highest BCUT2D eigenvalue weighted by Crippen LogP contribution is 2.12. The van der Waals surface area contributed by atoms with Crippen molar-refractivity contribution < 1.29 is 0 Å². The number of nitrogens with two attached hydrogens (primary N) is 3. The van der Waals surface area contributed by atoms with E-state index in [-0.39, 0.29) is 0 Å². The Morgan fingerprint density at radius 3 is 0.583 bits per heavy atom. The maximum Gasteiger partial charge on any atom is 0.178 e. The maximum absolute atomic E-state index is 5.42. The van der Waals surface area contributed by atoms with Gasteiger partial charge in [0.25, 0.3) is 0 Å². The fourth-order valence-electron chi connectivity index (χ4n) is 5.30. The minimum atomic E-state index is 0.448. The first kappa shape index (κ1) is 51.9. The van der Waals surface area contributed by atoms with E-state index in [0.717, 1.165) is 19.6 Å². The molecule has 0 aliphatic carbocycles. The van der Waals surface area contributed by atoms with Crippen LogP contribution in [0.1, 0.15) is 213 Å². The highest BCUT2D eigenvalue weighted by atomic mass is 32.1. The number of nitrogens with one attached hydrogen (secondary N) is 3. The van der Waals surface area contributed by atoms with E-state index >= 15 is 0 Å². The summed E-state index contributed by atoms with van der Waals surface area (Å²) in [6.45, 7) is 9.43. The van der Waals surface area contributed by atoms with Crippen molar-refractivity contribution >= 4 is 36.7 Å². The second-order valence-corrected chi connectivity index (χ2v) is 14.5. The molecular formula is C39H84N6S3. The molecule has 0 aliphatic rings. The number of hydrogen-bond donors (Lipinski definition) is 6. The fourth-order valence-corrected chi connectivity index (χ4v) is 6.10. The quantitative estimate of drug-likeness (QED) is 0.0345. The summed E-state index contributed by atoms with van der Waals surface area (Å²) in [5.74, 6) is 0. The average Bonchev–Trinajstić information content (AvgIpc) is 3.06. The third kappa shape index (κ3) is 52.4. The van der Waals surface area contributed by atoms with Crippen molar-refractivity contribution in [1.29, 1.82) is 0 Å². The van der Waals surface area contributed by atoms with Crippen molar-refractivity contribution in [2.75, 3.05) is 19.6 Å². The van der Waals surface area contributed by atoms with Gasteiger partial charge in [0.15, 0.2) is 14.3 Å². The van der Waals surface area contributed by atoms with Crippen LogP contribution in [0, 0.1) is 14.3 Å². The zero-order valence-corrected chi connectivity index (χ0v) is 34.7. The number of unbranched alkanes of at least 4 members (excludes halogenated alkanes) is 27. The van der Waals surface area contributed by atoms with E-state index in [1.54, 1.807) is 0 Å². The van der Waals surface area contributed by atoms with E-state index < -0.39 is 0 Å². The molecule has 0 amide bonds. The Balaban J connectivity index is -0.000000567. The molecule has 1 aromatic heterocycles. The third-order valence-electron chi connectivity index (χ3n) is 8.35. The van der Waals surface area contributed by atoms with Gasteiger partial charge < -0.3 is 32.2 Å². The molecule has 9 N–H and O–H groups in total. The lowest BCUT2D eigenvalue weighted by molar-refractivity contribution is 0.558. The van der Waals surface area contributed by atoms with Crippen molar-refractivity contribution in [2.45, 2.75) is 213 Å². The van der Waals surface area contributed by atoms with Gasteiger partial charge in [0.2, 0.25) is 0 Å². The number of aromatic amines is 3. The largest absolute Gasteiger partial charge is 0.330 e. The number of H-pyrrole nitrogens is 3. The van der Waals surface area contributed by atoms with Crippen molar-refractivity contribution in [3.8, 4) is 0 Å². The summed E-state index contributed by atoms with van der Waals surface area (Å²) < 4.78 is 1.34. The molecule has 1 heterocycles. The summed E-state index contributed by atoms with van der Waals surface area (Å²) >= 11 is 14.2. The normalized spacial score (nSPS) is 10.4. The van der Waals surface area contributed by atoms with E-state index in [9.17, 15) is 0 Å². The van der Waals surface area contributed by atoms with Gasteiger partial charge >= 0.3 is 0 Å². The van der Waals surface area contributed by atoms with Crippen LogP contribution < -0.4 is 17.2 Å². The zero-order chi connectivity index (χ0) is 36.2. The Kier molecular flexibility index (Phi) is 52.6. The van der Waals surface area contributed by atoms with Crippen molar-refractivity contribution in [3.63, 3.8) is 0 Å². The molecule has 0 saturated carbocycles. The standard InChI is InChI=1S/3C12H27N.C3H3N3S3/c3*1-2-3-4-5-6-7-8-9-10-11-12-13;7-1-4-2(8)6-3(9)5-1/h3*2-13H2,1H3;(H3,4,5,6,7,8,9).